The summed E-state index contributed by atoms with van der Waals surface area (Å²) in [5.74, 6) is -0.542. The van der Waals surface area contributed by atoms with E-state index in [-0.39, 0.29) is 11.0 Å². The minimum atomic E-state index is -0.446. The first-order chi connectivity index (χ1) is 11.4. The maximum atomic E-state index is 12.8. The number of nitrogens with one attached hydrogen (secondary N) is 1. The zero-order valence-electron chi connectivity index (χ0n) is 14.0. The van der Waals surface area contributed by atoms with Crippen LogP contribution >= 0.6 is 11.8 Å². The van der Waals surface area contributed by atoms with Crippen LogP contribution in [0.2, 0.25) is 0 Å². The van der Waals surface area contributed by atoms with Crippen LogP contribution in [0.1, 0.15) is 57.9 Å². The van der Waals surface area contributed by atoms with Gasteiger partial charge in [-0.1, -0.05) is 11.8 Å². The Kier molecular flexibility index (Phi) is 4.44. The molecule has 24 heavy (non-hydrogen) atoms. The minimum absolute atomic E-state index is 0.0962. The summed E-state index contributed by atoms with van der Waals surface area (Å²) < 4.78 is 6.56. The molecule has 0 amide bonds. The van der Waals surface area contributed by atoms with Gasteiger partial charge < -0.3 is 9.72 Å². The van der Waals surface area contributed by atoms with Gasteiger partial charge in [0.2, 0.25) is 5.16 Å². The molecule has 2 heterocycles. The van der Waals surface area contributed by atoms with Crippen molar-refractivity contribution in [2.75, 3.05) is 7.11 Å². The Bertz CT molecular complexity index is 793. The molecule has 8 nitrogen and oxygen atoms in total. The third kappa shape index (κ3) is 2.95. The molecule has 0 radical (unpaired) electrons. The molecule has 1 N–H and O–H groups in total. The Morgan fingerprint density at radius 3 is 2.71 bits per heavy atom. The van der Waals surface area contributed by atoms with E-state index < -0.39 is 5.97 Å². The highest BCUT2D eigenvalue weighted by atomic mass is 32.2. The SMILES string of the molecule is COC(=O)c1c(C)[nH]c(C(=O)[C@H](C)Sc2nnnn2C2CC2)c1C. The lowest BCUT2D eigenvalue weighted by atomic mass is 10.1. The summed E-state index contributed by atoms with van der Waals surface area (Å²) in [5, 5.41) is 12.0. The quantitative estimate of drug-likeness (QED) is 0.484. The fourth-order valence-corrected chi connectivity index (χ4v) is 3.55. The van der Waals surface area contributed by atoms with Crippen LogP contribution in [0.25, 0.3) is 0 Å². The van der Waals surface area contributed by atoms with Crippen LogP contribution in [-0.2, 0) is 4.74 Å². The normalized spacial score (nSPS) is 15.3. The smallest absolute Gasteiger partial charge is 0.339 e. The summed E-state index contributed by atoms with van der Waals surface area (Å²) in [4.78, 5) is 27.7. The number of hydrogen-bond acceptors (Lipinski definition) is 7. The van der Waals surface area contributed by atoms with Gasteiger partial charge in [0.05, 0.1) is 29.7 Å². The van der Waals surface area contributed by atoms with E-state index in [1.54, 1.807) is 18.5 Å². The molecule has 0 bridgehead atoms. The molecule has 0 unspecified atom stereocenters. The number of tetrazole rings is 1. The largest absolute Gasteiger partial charge is 0.465 e. The van der Waals surface area contributed by atoms with E-state index in [0.29, 0.717) is 33.7 Å². The van der Waals surface area contributed by atoms with Gasteiger partial charge in [-0.05, 0) is 49.6 Å². The number of nitrogens with zero attached hydrogens (tertiary/aromatic N) is 4. The van der Waals surface area contributed by atoms with Gasteiger partial charge in [-0.3, -0.25) is 4.79 Å². The van der Waals surface area contributed by atoms with Crippen LogP contribution in [0.4, 0.5) is 0 Å². The minimum Gasteiger partial charge on any atom is -0.465 e. The highest BCUT2D eigenvalue weighted by Gasteiger charge is 2.31. The molecule has 0 aliphatic heterocycles. The number of carbonyl (C=O) groups excluding carboxylic acids is 2. The molecule has 0 spiro atoms. The maximum Gasteiger partial charge on any atom is 0.339 e. The molecule has 2 aromatic heterocycles. The van der Waals surface area contributed by atoms with Crippen LogP contribution in [0.5, 0.6) is 0 Å². The van der Waals surface area contributed by atoms with Gasteiger partial charge in [-0.15, -0.1) is 5.10 Å². The molecular weight excluding hydrogens is 330 g/mol. The van der Waals surface area contributed by atoms with Crippen molar-refractivity contribution in [3.05, 3.63) is 22.5 Å². The summed E-state index contributed by atoms with van der Waals surface area (Å²) >= 11 is 1.33. The van der Waals surface area contributed by atoms with E-state index in [1.165, 1.54) is 18.9 Å². The second kappa shape index (κ2) is 6.39. The number of Topliss-reactive ketones (excluding diaryl/α,β-unsaturated/α-hetero) is 1. The van der Waals surface area contributed by atoms with Crippen LogP contribution in [0.15, 0.2) is 5.16 Å². The lowest BCUT2D eigenvalue weighted by Crippen LogP contribution is -2.16. The number of ether oxygens (including phenoxy) is 1. The number of aromatic amines is 1. The topological polar surface area (TPSA) is 103 Å². The van der Waals surface area contributed by atoms with Gasteiger partial charge in [-0.25, -0.2) is 9.48 Å². The fourth-order valence-electron chi connectivity index (χ4n) is 2.63. The molecular formula is C15H19N5O3S. The fraction of sp³-hybridized carbons (Fsp3) is 0.533. The van der Waals surface area contributed by atoms with E-state index in [0.717, 1.165) is 12.8 Å². The molecule has 0 aromatic carbocycles. The number of methoxy groups -OCH3 is 1. The number of aryl methyl sites for hydroxylation is 1. The maximum absolute atomic E-state index is 12.8. The van der Waals surface area contributed by atoms with Gasteiger partial charge in [0.15, 0.2) is 5.78 Å². The predicted octanol–water partition coefficient (Wildman–Crippen LogP) is 2.10. The molecule has 128 valence electrons. The van der Waals surface area contributed by atoms with E-state index in [9.17, 15) is 9.59 Å². The molecule has 0 saturated heterocycles. The number of ketones is 1. The number of hydrogen-bond donors (Lipinski definition) is 1. The highest BCUT2D eigenvalue weighted by Crippen LogP contribution is 2.37. The van der Waals surface area contributed by atoms with E-state index in [1.807, 2.05) is 6.92 Å². The second-order valence-corrected chi connectivity index (χ2v) is 7.19. The molecule has 1 aliphatic carbocycles. The summed E-state index contributed by atoms with van der Waals surface area (Å²) in [6.07, 6.45) is 2.14. The molecule has 1 fully saturated rings. The van der Waals surface area contributed by atoms with E-state index >= 15 is 0 Å². The third-order valence-electron chi connectivity index (χ3n) is 4.08. The first-order valence-corrected chi connectivity index (χ1v) is 8.58. The average Bonchev–Trinajstić information content (AvgIpc) is 3.23. The van der Waals surface area contributed by atoms with Gasteiger partial charge in [-0.2, -0.15) is 0 Å². The number of carbonyl (C=O) groups is 2. The van der Waals surface area contributed by atoms with Gasteiger partial charge in [0.25, 0.3) is 0 Å². The lowest BCUT2D eigenvalue weighted by Gasteiger charge is -2.09. The number of esters is 1. The first kappa shape index (κ1) is 16.7. The van der Waals surface area contributed by atoms with Crippen LogP contribution in [0.3, 0.4) is 0 Å². The summed E-state index contributed by atoms with van der Waals surface area (Å²) in [7, 11) is 1.33. The Morgan fingerprint density at radius 2 is 2.08 bits per heavy atom. The lowest BCUT2D eigenvalue weighted by molar-refractivity contribution is 0.0599. The Hall–Kier alpha value is -2.16. The molecule has 9 heteroatoms. The molecule has 2 aromatic rings. The highest BCUT2D eigenvalue weighted by molar-refractivity contribution is 8.00. The van der Waals surface area contributed by atoms with Crippen LogP contribution in [-0.4, -0.2) is 49.3 Å². The summed E-state index contributed by atoms with van der Waals surface area (Å²) in [6, 6.07) is 0.352. The predicted molar refractivity (Wildman–Crippen MR) is 87.3 cm³/mol. The molecule has 1 atom stereocenters. The van der Waals surface area contributed by atoms with Crippen molar-refractivity contribution >= 4 is 23.5 Å². The van der Waals surface area contributed by atoms with Crippen molar-refractivity contribution < 1.29 is 14.3 Å². The van der Waals surface area contributed by atoms with Crippen molar-refractivity contribution in [2.45, 2.75) is 50.1 Å². The molecule has 3 rings (SSSR count). The van der Waals surface area contributed by atoms with Crippen molar-refractivity contribution in [2.24, 2.45) is 0 Å². The van der Waals surface area contributed by atoms with Crippen LogP contribution < -0.4 is 0 Å². The van der Waals surface area contributed by atoms with Crippen LogP contribution in [0, 0.1) is 13.8 Å². The van der Waals surface area contributed by atoms with Gasteiger partial charge in [0.1, 0.15) is 0 Å². The molecule has 1 saturated carbocycles. The van der Waals surface area contributed by atoms with Crippen molar-refractivity contribution in [3.8, 4) is 0 Å². The van der Waals surface area contributed by atoms with Crippen molar-refractivity contribution in [1.29, 1.82) is 0 Å². The Labute approximate surface area is 143 Å². The second-order valence-electron chi connectivity index (χ2n) is 5.88. The van der Waals surface area contributed by atoms with E-state index in [2.05, 4.69) is 20.5 Å². The number of H-pyrrole nitrogens is 1. The summed E-state index contributed by atoms with van der Waals surface area (Å²) in [5.41, 5.74) is 2.08. The Balaban J connectivity index is 1.81. The zero-order valence-corrected chi connectivity index (χ0v) is 14.8. The number of aromatic nitrogens is 5. The zero-order chi connectivity index (χ0) is 17.4. The summed E-state index contributed by atoms with van der Waals surface area (Å²) in [6.45, 7) is 5.31. The number of rotatable bonds is 6. The molecule has 1 aliphatic rings. The van der Waals surface area contributed by atoms with Crippen molar-refractivity contribution in [3.63, 3.8) is 0 Å². The van der Waals surface area contributed by atoms with Crippen molar-refractivity contribution in [1.82, 2.24) is 25.2 Å². The standard InChI is InChI=1S/C15H19N5O3S/c1-7-11(14(22)23-4)8(2)16-12(7)13(21)9(3)24-15-17-18-19-20(15)10-5-6-10/h9-10,16H,5-6H2,1-4H3/t9-/m0/s1. The Morgan fingerprint density at radius 1 is 1.38 bits per heavy atom. The first-order valence-electron chi connectivity index (χ1n) is 7.70. The number of thioether (sulfide) groups is 1. The monoisotopic (exact) mass is 349 g/mol. The van der Waals surface area contributed by atoms with Gasteiger partial charge >= 0.3 is 5.97 Å². The average molecular weight is 349 g/mol. The van der Waals surface area contributed by atoms with Gasteiger partial charge in [0, 0.05) is 5.69 Å². The third-order valence-corrected chi connectivity index (χ3v) is 5.13. The van der Waals surface area contributed by atoms with E-state index in [4.69, 9.17) is 4.74 Å².